The van der Waals surface area contributed by atoms with Gasteiger partial charge < -0.3 is 5.11 Å². The third-order valence-electron chi connectivity index (χ3n) is 2.05. The summed E-state index contributed by atoms with van der Waals surface area (Å²) in [7, 11) is 0. The summed E-state index contributed by atoms with van der Waals surface area (Å²) in [6.07, 6.45) is 2.99. The van der Waals surface area contributed by atoms with Crippen LogP contribution in [0.1, 0.15) is 11.6 Å². The van der Waals surface area contributed by atoms with Gasteiger partial charge in [-0.15, -0.1) is 5.10 Å². The predicted molar refractivity (Wildman–Crippen MR) is 52.2 cm³/mol. The number of carboxylic acid groups (broad SMARTS) is 1. The highest BCUT2D eigenvalue weighted by atomic mass is 16.4. The van der Waals surface area contributed by atoms with Gasteiger partial charge in [-0.1, -0.05) is 35.5 Å². The Kier molecular flexibility index (Phi) is 2.45. The molecule has 0 spiro atoms. The van der Waals surface area contributed by atoms with E-state index in [0.717, 1.165) is 0 Å². The number of rotatable bonds is 3. The van der Waals surface area contributed by atoms with Crippen LogP contribution >= 0.6 is 0 Å². The number of nitrogens with zero attached hydrogens (tertiary/aromatic N) is 3. The summed E-state index contributed by atoms with van der Waals surface area (Å²) in [4.78, 5) is 11.1. The number of hydrogen-bond donors (Lipinski definition) is 1. The maximum atomic E-state index is 11.1. The lowest BCUT2D eigenvalue weighted by molar-refractivity contribution is -0.139. The van der Waals surface area contributed by atoms with Crippen LogP contribution in [0.3, 0.4) is 0 Å². The second-order valence-electron chi connectivity index (χ2n) is 3.03. The van der Waals surface area contributed by atoms with Crippen LogP contribution in [0.4, 0.5) is 0 Å². The number of aliphatic carboxylic acids is 1. The number of benzene rings is 1. The second kappa shape index (κ2) is 3.91. The van der Waals surface area contributed by atoms with Gasteiger partial charge >= 0.3 is 5.97 Å². The molecule has 0 radical (unpaired) electrons. The molecule has 1 heterocycles. The van der Waals surface area contributed by atoms with Crippen molar-refractivity contribution in [2.24, 2.45) is 0 Å². The Morgan fingerprint density at radius 3 is 2.60 bits per heavy atom. The molecule has 0 aliphatic rings. The van der Waals surface area contributed by atoms with Gasteiger partial charge in [0.1, 0.15) is 0 Å². The van der Waals surface area contributed by atoms with Crippen LogP contribution in [-0.4, -0.2) is 26.1 Å². The van der Waals surface area contributed by atoms with Crippen molar-refractivity contribution >= 4 is 5.97 Å². The molecule has 1 aromatic heterocycles. The van der Waals surface area contributed by atoms with Crippen molar-refractivity contribution in [1.29, 1.82) is 0 Å². The highest BCUT2D eigenvalue weighted by molar-refractivity contribution is 5.75. The number of carboxylic acids is 1. The van der Waals surface area contributed by atoms with Crippen molar-refractivity contribution in [2.75, 3.05) is 0 Å². The van der Waals surface area contributed by atoms with Crippen molar-refractivity contribution in [3.05, 3.63) is 48.3 Å². The molecule has 2 aromatic rings. The van der Waals surface area contributed by atoms with Gasteiger partial charge in [-0.3, -0.25) is 0 Å². The van der Waals surface area contributed by atoms with Gasteiger partial charge in [-0.05, 0) is 5.56 Å². The van der Waals surface area contributed by atoms with Gasteiger partial charge in [-0.25, -0.2) is 9.48 Å². The van der Waals surface area contributed by atoms with Crippen LogP contribution in [0.2, 0.25) is 0 Å². The van der Waals surface area contributed by atoms with Gasteiger partial charge in [0.05, 0.1) is 6.20 Å². The second-order valence-corrected chi connectivity index (χ2v) is 3.03. The molecular formula is C10H9N3O2. The number of aromatic nitrogens is 3. The Bertz CT molecular complexity index is 439. The standard InChI is InChI=1S/C10H9N3O2/c14-10(15)9(13-7-6-11-12-13)8-4-2-1-3-5-8/h1-7,9H,(H,14,15). The van der Waals surface area contributed by atoms with Crippen LogP contribution in [-0.2, 0) is 4.79 Å². The largest absolute Gasteiger partial charge is 0.479 e. The van der Waals surface area contributed by atoms with E-state index in [4.69, 9.17) is 5.11 Å². The first kappa shape index (κ1) is 9.39. The van der Waals surface area contributed by atoms with Crippen molar-refractivity contribution < 1.29 is 9.90 Å². The molecule has 1 atom stereocenters. The van der Waals surface area contributed by atoms with E-state index >= 15 is 0 Å². The van der Waals surface area contributed by atoms with E-state index in [-0.39, 0.29) is 0 Å². The van der Waals surface area contributed by atoms with E-state index < -0.39 is 12.0 Å². The van der Waals surface area contributed by atoms with Crippen LogP contribution in [0, 0.1) is 0 Å². The smallest absolute Gasteiger partial charge is 0.333 e. The molecule has 0 aliphatic carbocycles. The summed E-state index contributed by atoms with van der Waals surface area (Å²) in [5.74, 6) is -0.952. The molecule has 5 nitrogen and oxygen atoms in total. The minimum Gasteiger partial charge on any atom is -0.479 e. The van der Waals surface area contributed by atoms with E-state index in [0.29, 0.717) is 5.56 Å². The first-order chi connectivity index (χ1) is 7.29. The summed E-state index contributed by atoms with van der Waals surface area (Å²) >= 11 is 0. The average molecular weight is 203 g/mol. The van der Waals surface area contributed by atoms with Gasteiger partial charge in [0.25, 0.3) is 0 Å². The zero-order valence-corrected chi connectivity index (χ0v) is 7.82. The van der Waals surface area contributed by atoms with E-state index in [9.17, 15) is 4.79 Å². The third kappa shape index (κ3) is 1.85. The Labute approximate surface area is 86.0 Å². The van der Waals surface area contributed by atoms with E-state index in [1.165, 1.54) is 17.1 Å². The maximum absolute atomic E-state index is 11.1. The molecule has 0 saturated heterocycles. The summed E-state index contributed by atoms with van der Waals surface area (Å²) in [6.45, 7) is 0. The Balaban J connectivity index is 2.42. The fourth-order valence-electron chi connectivity index (χ4n) is 1.40. The molecule has 0 saturated carbocycles. The minimum atomic E-state index is -0.952. The van der Waals surface area contributed by atoms with Crippen molar-refractivity contribution in [3.8, 4) is 0 Å². The van der Waals surface area contributed by atoms with E-state index in [2.05, 4.69) is 10.3 Å². The molecule has 0 fully saturated rings. The van der Waals surface area contributed by atoms with Crippen molar-refractivity contribution in [1.82, 2.24) is 15.0 Å². The fraction of sp³-hybridized carbons (Fsp3) is 0.100. The first-order valence-corrected chi connectivity index (χ1v) is 4.42. The predicted octanol–water partition coefficient (Wildman–Crippen LogP) is 0.952. The molecule has 1 aromatic carbocycles. The van der Waals surface area contributed by atoms with E-state index in [1.54, 1.807) is 24.3 Å². The highest BCUT2D eigenvalue weighted by Crippen LogP contribution is 2.16. The van der Waals surface area contributed by atoms with Crippen molar-refractivity contribution in [3.63, 3.8) is 0 Å². The van der Waals surface area contributed by atoms with Crippen LogP contribution in [0.25, 0.3) is 0 Å². The van der Waals surface area contributed by atoms with Crippen molar-refractivity contribution in [2.45, 2.75) is 6.04 Å². The van der Waals surface area contributed by atoms with Gasteiger partial charge in [0, 0.05) is 6.20 Å². The molecule has 76 valence electrons. The molecule has 0 aliphatic heterocycles. The lowest BCUT2D eigenvalue weighted by Crippen LogP contribution is -2.20. The topological polar surface area (TPSA) is 68.0 Å². The SMILES string of the molecule is O=C(O)C(c1ccccc1)n1ccnn1. The fourth-order valence-corrected chi connectivity index (χ4v) is 1.40. The van der Waals surface area contributed by atoms with Crippen LogP contribution < -0.4 is 0 Å². The molecule has 2 rings (SSSR count). The van der Waals surface area contributed by atoms with Crippen LogP contribution in [0.5, 0.6) is 0 Å². The summed E-state index contributed by atoms with van der Waals surface area (Å²) in [5.41, 5.74) is 0.676. The summed E-state index contributed by atoms with van der Waals surface area (Å²) in [5, 5.41) is 16.4. The molecule has 1 N–H and O–H groups in total. The average Bonchev–Trinajstić information content (AvgIpc) is 2.72. The lowest BCUT2D eigenvalue weighted by atomic mass is 10.1. The highest BCUT2D eigenvalue weighted by Gasteiger charge is 2.21. The van der Waals surface area contributed by atoms with Gasteiger partial charge in [0.2, 0.25) is 0 Å². The minimum absolute atomic E-state index is 0.676. The summed E-state index contributed by atoms with van der Waals surface area (Å²) in [6, 6.07) is 8.11. The first-order valence-electron chi connectivity index (χ1n) is 4.42. The zero-order valence-electron chi connectivity index (χ0n) is 7.82. The molecule has 1 unspecified atom stereocenters. The third-order valence-corrected chi connectivity index (χ3v) is 2.05. The molecule has 0 amide bonds. The van der Waals surface area contributed by atoms with Gasteiger partial charge in [0.15, 0.2) is 6.04 Å². The monoisotopic (exact) mass is 203 g/mol. The zero-order chi connectivity index (χ0) is 10.7. The van der Waals surface area contributed by atoms with E-state index in [1.807, 2.05) is 6.07 Å². The summed E-state index contributed by atoms with van der Waals surface area (Å²) < 4.78 is 1.32. The number of hydrogen-bond acceptors (Lipinski definition) is 3. The quantitative estimate of drug-likeness (QED) is 0.806. The molecular weight excluding hydrogens is 194 g/mol. The molecule has 15 heavy (non-hydrogen) atoms. The lowest BCUT2D eigenvalue weighted by Gasteiger charge is -2.11. The Morgan fingerprint density at radius 1 is 1.33 bits per heavy atom. The van der Waals surface area contributed by atoms with Crippen LogP contribution in [0.15, 0.2) is 42.7 Å². The molecule has 5 heteroatoms. The number of carbonyl (C=O) groups is 1. The normalized spacial score (nSPS) is 12.3. The Hall–Kier alpha value is -2.17. The Morgan fingerprint density at radius 2 is 2.07 bits per heavy atom. The maximum Gasteiger partial charge on any atom is 0.333 e. The molecule has 0 bridgehead atoms. The van der Waals surface area contributed by atoms with Gasteiger partial charge in [-0.2, -0.15) is 0 Å².